The van der Waals surface area contributed by atoms with Gasteiger partial charge in [-0.05, 0) is 18.6 Å². The lowest BCUT2D eigenvalue weighted by Crippen LogP contribution is -2.31. The van der Waals surface area contributed by atoms with Gasteiger partial charge < -0.3 is 10.7 Å². The molecule has 15 heavy (non-hydrogen) atoms. The Hall–Kier alpha value is -0.840. The molecular weight excluding hydrogens is 214 g/mol. The van der Waals surface area contributed by atoms with E-state index < -0.39 is 0 Å². The smallest absolute Gasteiger partial charge is 0.192 e. The Morgan fingerprint density at radius 2 is 2.47 bits per heavy atom. The van der Waals surface area contributed by atoms with Crippen LogP contribution in [0.2, 0.25) is 0 Å². The van der Waals surface area contributed by atoms with Gasteiger partial charge in [0.25, 0.3) is 0 Å². The van der Waals surface area contributed by atoms with E-state index in [1.807, 2.05) is 6.07 Å². The summed E-state index contributed by atoms with van der Waals surface area (Å²) in [5, 5.41) is 0. The van der Waals surface area contributed by atoms with Crippen LogP contribution in [0.5, 0.6) is 0 Å². The molecule has 0 radical (unpaired) electrons. The Bertz CT molecular complexity index is 312. The molecule has 0 aromatic carbocycles. The van der Waals surface area contributed by atoms with Crippen molar-refractivity contribution in [1.29, 1.82) is 0 Å². The van der Waals surface area contributed by atoms with Crippen LogP contribution in [-0.2, 0) is 0 Å². The topological polar surface area (TPSA) is 62.1 Å². The lowest BCUT2D eigenvalue weighted by Gasteiger charge is -2.12. The summed E-state index contributed by atoms with van der Waals surface area (Å²) >= 11 is 0. The first-order valence-electron chi connectivity index (χ1n) is 4.90. The minimum atomic E-state index is 0. The summed E-state index contributed by atoms with van der Waals surface area (Å²) in [6.45, 7) is 2.26. The third-order valence-corrected chi connectivity index (χ3v) is 2.57. The van der Waals surface area contributed by atoms with Crippen LogP contribution >= 0.6 is 12.4 Å². The van der Waals surface area contributed by atoms with Gasteiger partial charge in [0, 0.05) is 25.3 Å². The molecule has 84 valence electrons. The number of H-pyrrole nitrogens is 1. The van der Waals surface area contributed by atoms with E-state index >= 15 is 0 Å². The lowest BCUT2D eigenvalue weighted by atomic mass is 10.3. The molecule has 0 saturated carbocycles. The largest absolute Gasteiger partial charge is 0.359 e. The van der Waals surface area contributed by atoms with E-state index in [9.17, 15) is 4.79 Å². The Balaban J connectivity index is 0.00000112. The summed E-state index contributed by atoms with van der Waals surface area (Å²) in [5.41, 5.74) is 6.44. The Morgan fingerprint density at radius 3 is 3.00 bits per heavy atom. The number of halogens is 1. The van der Waals surface area contributed by atoms with E-state index in [1.165, 1.54) is 0 Å². The SMILES string of the molecule is Cl.NC1CCN(CC(=O)c2ccc[nH]2)C1. The molecule has 0 bridgehead atoms. The fourth-order valence-electron chi connectivity index (χ4n) is 1.80. The van der Waals surface area contributed by atoms with Gasteiger partial charge in [-0.1, -0.05) is 0 Å². The number of likely N-dealkylation sites (tertiary alicyclic amines) is 1. The molecule has 0 amide bonds. The molecule has 1 atom stereocenters. The van der Waals surface area contributed by atoms with Crippen LogP contribution in [0, 0.1) is 0 Å². The molecule has 3 N–H and O–H groups in total. The first-order valence-corrected chi connectivity index (χ1v) is 4.90. The zero-order valence-electron chi connectivity index (χ0n) is 8.48. The molecule has 0 aliphatic carbocycles. The molecule has 1 saturated heterocycles. The highest BCUT2D eigenvalue weighted by atomic mass is 35.5. The number of aromatic amines is 1. The first-order chi connectivity index (χ1) is 6.75. The van der Waals surface area contributed by atoms with Crippen LogP contribution in [0.3, 0.4) is 0 Å². The molecule has 1 aromatic heterocycles. The van der Waals surface area contributed by atoms with Gasteiger partial charge in [0.15, 0.2) is 5.78 Å². The van der Waals surface area contributed by atoms with E-state index in [-0.39, 0.29) is 24.2 Å². The molecule has 1 aliphatic heterocycles. The van der Waals surface area contributed by atoms with Crippen molar-refractivity contribution in [2.24, 2.45) is 5.73 Å². The van der Waals surface area contributed by atoms with E-state index in [1.54, 1.807) is 12.3 Å². The maximum atomic E-state index is 11.7. The van der Waals surface area contributed by atoms with Crippen molar-refractivity contribution < 1.29 is 4.79 Å². The molecule has 0 spiro atoms. The molecule has 1 aliphatic rings. The number of nitrogens with zero attached hydrogens (tertiary/aromatic N) is 1. The van der Waals surface area contributed by atoms with Crippen LogP contribution in [0.4, 0.5) is 0 Å². The summed E-state index contributed by atoms with van der Waals surface area (Å²) in [6, 6.07) is 3.88. The predicted octanol–water partition coefficient (Wildman–Crippen LogP) is 0.652. The summed E-state index contributed by atoms with van der Waals surface area (Å²) < 4.78 is 0. The zero-order chi connectivity index (χ0) is 9.97. The minimum Gasteiger partial charge on any atom is -0.359 e. The van der Waals surface area contributed by atoms with Gasteiger partial charge in [0.1, 0.15) is 0 Å². The Kier molecular flexibility index (Phi) is 4.32. The van der Waals surface area contributed by atoms with Crippen molar-refractivity contribution in [3.05, 3.63) is 24.0 Å². The first kappa shape index (κ1) is 12.2. The number of rotatable bonds is 3. The average Bonchev–Trinajstić information content (AvgIpc) is 2.75. The van der Waals surface area contributed by atoms with Crippen LogP contribution in [-0.4, -0.2) is 41.3 Å². The molecular formula is C10H16ClN3O. The second-order valence-corrected chi connectivity index (χ2v) is 3.79. The van der Waals surface area contributed by atoms with Crippen LogP contribution < -0.4 is 5.73 Å². The number of carbonyl (C=O) groups excluding carboxylic acids is 1. The second kappa shape index (κ2) is 5.30. The maximum Gasteiger partial charge on any atom is 0.192 e. The fraction of sp³-hybridized carbons (Fsp3) is 0.500. The lowest BCUT2D eigenvalue weighted by molar-refractivity contribution is 0.0940. The molecule has 2 rings (SSSR count). The molecule has 4 nitrogen and oxygen atoms in total. The Labute approximate surface area is 95.2 Å². The molecule has 1 unspecified atom stereocenters. The van der Waals surface area contributed by atoms with Gasteiger partial charge in [0.05, 0.1) is 12.2 Å². The number of carbonyl (C=O) groups is 1. The summed E-state index contributed by atoms with van der Waals surface area (Å²) in [5.74, 6) is 0.143. The monoisotopic (exact) mass is 229 g/mol. The normalized spacial score (nSPS) is 21.3. The number of hydrogen-bond acceptors (Lipinski definition) is 3. The van der Waals surface area contributed by atoms with Gasteiger partial charge in [0.2, 0.25) is 0 Å². The quantitative estimate of drug-likeness (QED) is 0.749. The van der Waals surface area contributed by atoms with Gasteiger partial charge >= 0.3 is 0 Å². The van der Waals surface area contributed by atoms with Crippen molar-refractivity contribution >= 4 is 18.2 Å². The number of Topliss-reactive ketones (excluding diaryl/α,β-unsaturated/α-hetero) is 1. The van der Waals surface area contributed by atoms with Crippen molar-refractivity contribution in [2.75, 3.05) is 19.6 Å². The highest BCUT2D eigenvalue weighted by Crippen LogP contribution is 2.07. The summed E-state index contributed by atoms with van der Waals surface area (Å²) in [6.07, 6.45) is 2.76. The molecule has 2 heterocycles. The molecule has 1 aromatic rings. The van der Waals surface area contributed by atoms with Crippen molar-refractivity contribution in [3.63, 3.8) is 0 Å². The standard InChI is InChI=1S/C10H15N3O.ClH/c11-8-3-5-13(6-8)7-10(14)9-2-1-4-12-9;/h1-2,4,8,12H,3,5-7,11H2;1H. The third kappa shape index (κ3) is 3.06. The van der Waals surface area contributed by atoms with E-state index in [0.717, 1.165) is 19.5 Å². The van der Waals surface area contributed by atoms with E-state index in [4.69, 9.17) is 5.73 Å². The van der Waals surface area contributed by atoms with E-state index in [2.05, 4.69) is 9.88 Å². The summed E-state index contributed by atoms with van der Waals surface area (Å²) in [7, 11) is 0. The van der Waals surface area contributed by atoms with Crippen LogP contribution in [0.25, 0.3) is 0 Å². The molecule has 5 heteroatoms. The predicted molar refractivity (Wildman–Crippen MR) is 61.4 cm³/mol. The summed E-state index contributed by atoms with van der Waals surface area (Å²) in [4.78, 5) is 16.7. The Morgan fingerprint density at radius 1 is 1.67 bits per heavy atom. The van der Waals surface area contributed by atoms with Gasteiger partial charge in [-0.3, -0.25) is 9.69 Å². The molecule has 1 fully saturated rings. The van der Waals surface area contributed by atoms with Gasteiger partial charge in [-0.15, -0.1) is 12.4 Å². The maximum absolute atomic E-state index is 11.7. The van der Waals surface area contributed by atoms with Gasteiger partial charge in [-0.2, -0.15) is 0 Å². The highest BCUT2D eigenvalue weighted by molar-refractivity contribution is 5.95. The van der Waals surface area contributed by atoms with Crippen LogP contribution in [0.15, 0.2) is 18.3 Å². The van der Waals surface area contributed by atoms with E-state index in [0.29, 0.717) is 12.2 Å². The second-order valence-electron chi connectivity index (χ2n) is 3.79. The van der Waals surface area contributed by atoms with Crippen molar-refractivity contribution in [1.82, 2.24) is 9.88 Å². The average molecular weight is 230 g/mol. The number of nitrogens with one attached hydrogen (secondary N) is 1. The third-order valence-electron chi connectivity index (χ3n) is 2.57. The van der Waals surface area contributed by atoms with Crippen molar-refractivity contribution in [3.8, 4) is 0 Å². The number of ketones is 1. The number of hydrogen-bond donors (Lipinski definition) is 2. The van der Waals surface area contributed by atoms with Crippen LogP contribution in [0.1, 0.15) is 16.9 Å². The fourth-order valence-corrected chi connectivity index (χ4v) is 1.80. The zero-order valence-corrected chi connectivity index (χ0v) is 9.30. The minimum absolute atomic E-state index is 0. The highest BCUT2D eigenvalue weighted by Gasteiger charge is 2.21. The van der Waals surface area contributed by atoms with Gasteiger partial charge in [-0.25, -0.2) is 0 Å². The number of aromatic nitrogens is 1. The van der Waals surface area contributed by atoms with Crippen molar-refractivity contribution in [2.45, 2.75) is 12.5 Å². The number of nitrogens with two attached hydrogens (primary N) is 1.